The quantitative estimate of drug-likeness (QED) is 0.340. The van der Waals surface area contributed by atoms with Gasteiger partial charge >= 0.3 is 0 Å². The summed E-state index contributed by atoms with van der Waals surface area (Å²) < 4.78 is 1.63. The summed E-state index contributed by atoms with van der Waals surface area (Å²) in [6, 6.07) is 17.1. The highest BCUT2D eigenvalue weighted by molar-refractivity contribution is 5.82. The van der Waals surface area contributed by atoms with Gasteiger partial charge in [0, 0.05) is 6.04 Å². The number of nitriles is 1. The first kappa shape index (κ1) is 25.2. The Balaban J connectivity index is 1.64. The van der Waals surface area contributed by atoms with Crippen molar-refractivity contribution >= 4 is 28.5 Å². The average molecular weight is 510 g/mol. The smallest absolute Gasteiger partial charge is 0.266 e. The predicted octanol–water partition coefficient (Wildman–Crippen LogP) is 3.41. The lowest BCUT2D eigenvalue weighted by Crippen LogP contribution is -2.33. The second-order valence-corrected chi connectivity index (χ2v) is 9.72. The molecule has 0 spiro atoms. The van der Waals surface area contributed by atoms with E-state index in [2.05, 4.69) is 27.1 Å². The van der Waals surface area contributed by atoms with Crippen LogP contribution in [0, 0.1) is 11.3 Å². The number of nitrogens with two attached hydrogens (primary N) is 2. The summed E-state index contributed by atoms with van der Waals surface area (Å²) in [6.45, 7) is 6.25. The maximum atomic E-state index is 14.2. The van der Waals surface area contributed by atoms with Crippen LogP contribution in [0.5, 0.6) is 0 Å². The van der Waals surface area contributed by atoms with Gasteiger partial charge in [0.2, 0.25) is 5.95 Å². The molecule has 1 fully saturated rings. The zero-order valence-corrected chi connectivity index (χ0v) is 21.6. The van der Waals surface area contributed by atoms with Crippen LogP contribution in [0.4, 0.5) is 17.6 Å². The van der Waals surface area contributed by atoms with Crippen LogP contribution in [0.1, 0.15) is 49.7 Å². The third kappa shape index (κ3) is 4.76. The minimum absolute atomic E-state index is 0.0154. The summed E-state index contributed by atoms with van der Waals surface area (Å²) in [5.74, 6) is 0.587. The van der Waals surface area contributed by atoms with Gasteiger partial charge in [0.05, 0.1) is 22.6 Å². The maximum Gasteiger partial charge on any atom is 0.266 e. The van der Waals surface area contributed by atoms with Gasteiger partial charge in [-0.1, -0.05) is 30.3 Å². The Labute approximate surface area is 221 Å². The molecule has 0 saturated carbocycles. The molecule has 2 aromatic carbocycles. The number of rotatable bonds is 7. The van der Waals surface area contributed by atoms with E-state index in [4.69, 9.17) is 16.5 Å². The molecule has 0 amide bonds. The molecule has 2 atom stereocenters. The van der Waals surface area contributed by atoms with Gasteiger partial charge in [0.1, 0.15) is 23.3 Å². The number of benzene rings is 2. The van der Waals surface area contributed by atoms with Crippen molar-refractivity contribution in [1.29, 1.82) is 5.26 Å². The topological polar surface area (TPSA) is 152 Å². The second-order valence-electron chi connectivity index (χ2n) is 9.72. The second kappa shape index (κ2) is 10.5. The molecule has 5 N–H and O–H groups in total. The van der Waals surface area contributed by atoms with E-state index in [1.165, 1.54) is 12.8 Å². The monoisotopic (exact) mass is 509 g/mol. The lowest BCUT2D eigenvalue weighted by atomic mass is 10.0. The molecular formula is C28H31N9O. The van der Waals surface area contributed by atoms with Crippen molar-refractivity contribution in [3.63, 3.8) is 0 Å². The van der Waals surface area contributed by atoms with E-state index in [0.29, 0.717) is 28.5 Å². The Morgan fingerprint density at radius 3 is 2.47 bits per heavy atom. The summed E-state index contributed by atoms with van der Waals surface area (Å²) in [4.78, 5) is 29.7. The van der Waals surface area contributed by atoms with E-state index in [9.17, 15) is 10.1 Å². The number of fused-ring (bicyclic) bond motifs is 1. The fourth-order valence-electron chi connectivity index (χ4n) is 5.21. The molecule has 0 aliphatic carbocycles. The molecule has 194 valence electrons. The Bertz CT molecular complexity index is 1570. The highest BCUT2D eigenvalue weighted by Gasteiger charge is 2.24. The van der Waals surface area contributed by atoms with Crippen molar-refractivity contribution < 1.29 is 0 Å². The number of anilines is 3. The normalized spacial score (nSPS) is 15.3. The van der Waals surface area contributed by atoms with Crippen molar-refractivity contribution in [3.05, 3.63) is 75.8 Å². The molecule has 4 aromatic rings. The first-order valence-corrected chi connectivity index (χ1v) is 12.8. The average Bonchev–Trinajstić information content (AvgIpc) is 3.44. The maximum absolute atomic E-state index is 14.2. The van der Waals surface area contributed by atoms with E-state index >= 15 is 0 Å². The van der Waals surface area contributed by atoms with E-state index in [1.54, 1.807) is 4.57 Å². The number of nitrogens with one attached hydrogen (secondary N) is 1. The lowest BCUT2D eigenvalue weighted by Gasteiger charge is -2.25. The van der Waals surface area contributed by atoms with Crippen LogP contribution in [-0.4, -0.2) is 43.6 Å². The first-order chi connectivity index (χ1) is 18.4. The van der Waals surface area contributed by atoms with Crippen LogP contribution in [-0.2, 0) is 6.42 Å². The van der Waals surface area contributed by atoms with Crippen LogP contribution < -0.4 is 22.3 Å². The van der Waals surface area contributed by atoms with Gasteiger partial charge in [-0.2, -0.15) is 15.2 Å². The number of nitrogens with zero attached hydrogens (tertiary/aromatic N) is 6. The van der Waals surface area contributed by atoms with E-state index in [1.807, 2.05) is 61.5 Å². The van der Waals surface area contributed by atoms with Crippen LogP contribution >= 0.6 is 0 Å². The first-order valence-electron chi connectivity index (χ1n) is 12.8. The molecule has 0 bridgehead atoms. The number of nitrogen functional groups attached to an aromatic ring is 2. The minimum atomic E-state index is -0.528. The number of hydrogen-bond donors (Lipinski definition) is 3. The highest BCUT2D eigenvalue weighted by atomic mass is 16.1. The minimum Gasteiger partial charge on any atom is -0.382 e. The van der Waals surface area contributed by atoms with Crippen molar-refractivity contribution in [2.75, 3.05) is 29.9 Å². The van der Waals surface area contributed by atoms with Gasteiger partial charge in [-0.05, 0) is 70.0 Å². The number of likely N-dealkylation sites (tertiary alicyclic amines) is 1. The number of para-hydroxylation sites is 1. The van der Waals surface area contributed by atoms with E-state index in [-0.39, 0.29) is 28.7 Å². The van der Waals surface area contributed by atoms with Gasteiger partial charge in [0.25, 0.3) is 5.56 Å². The summed E-state index contributed by atoms with van der Waals surface area (Å²) in [5.41, 5.74) is 13.9. The molecule has 5 rings (SSSR count). The summed E-state index contributed by atoms with van der Waals surface area (Å²) in [5, 5.41) is 13.4. The van der Waals surface area contributed by atoms with Crippen molar-refractivity contribution in [3.8, 4) is 11.8 Å². The van der Waals surface area contributed by atoms with Gasteiger partial charge < -0.3 is 21.7 Å². The van der Waals surface area contributed by atoms with Gasteiger partial charge in [-0.15, -0.1) is 0 Å². The summed E-state index contributed by atoms with van der Waals surface area (Å²) in [6.07, 6.45) is 3.20. The standard InChI is InChI=1S/C28H31N9O/c1-17(36-13-6-7-14-36)15-19-9-8-12-22-23(19)27(38)37(20-10-4-3-5-11-20)26(33-22)18(2)32-25-21(16-29)24(30)34-28(31)35-25/h3-5,8-12,17-18H,6-7,13-15H2,1-2H3,(H5,30,31,32,34,35). The largest absolute Gasteiger partial charge is 0.382 e. The van der Waals surface area contributed by atoms with Crippen molar-refractivity contribution in [2.45, 2.75) is 45.2 Å². The fourth-order valence-corrected chi connectivity index (χ4v) is 5.21. The molecule has 10 heteroatoms. The molecule has 3 heterocycles. The van der Waals surface area contributed by atoms with Gasteiger partial charge in [-0.3, -0.25) is 9.36 Å². The number of hydrogen-bond acceptors (Lipinski definition) is 9. The zero-order chi connectivity index (χ0) is 26.8. The molecule has 1 aliphatic heterocycles. The summed E-state index contributed by atoms with van der Waals surface area (Å²) >= 11 is 0. The molecule has 2 aromatic heterocycles. The molecule has 0 radical (unpaired) electrons. The molecule has 38 heavy (non-hydrogen) atoms. The lowest BCUT2D eigenvalue weighted by molar-refractivity contribution is 0.258. The van der Waals surface area contributed by atoms with E-state index < -0.39 is 6.04 Å². The van der Waals surface area contributed by atoms with Gasteiger partial charge in [-0.25, -0.2) is 4.98 Å². The van der Waals surface area contributed by atoms with Crippen LogP contribution in [0.15, 0.2) is 53.3 Å². The fraction of sp³-hybridized carbons (Fsp3) is 0.321. The third-order valence-corrected chi connectivity index (χ3v) is 7.11. The zero-order valence-electron chi connectivity index (χ0n) is 21.6. The molecule has 1 saturated heterocycles. The Kier molecular flexibility index (Phi) is 6.94. The van der Waals surface area contributed by atoms with Crippen LogP contribution in [0.25, 0.3) is 16.6 Å². The highest BCUT2D eigenvalue weighted by Crippen LogP contribution is 2.26. The molecule has 1 aliphatic rings. The third-order valence-electron chi connectivity index (χ3n) is 7.11. The molecular weight excluding hydrogens is 478 g/mol. The van der Waals surface area contributed by atoms with Crippen molar-refractivity contribution in [2.24, 2.45) is 0 Å². The van der Waals surface area contributed by atoms with Crippen molar-refractivity contribution in [1.82, 2.24) is 24.4 Å². The Morgan fingerprint density at radius 2 is 1.76 bits per heavy atom. The SMILES string of the molecule is CC(Nc1nc(N)nc(N)c1C#N)c1nc2cccc(CC(C)N3CCCC3)c2c(=O)n1-c1ccccc1. The number of aromatic nitrogens is 4. The molecule has 10 nitrogen and oxygen atoms in total. The van der Waals surface area contributed by atoms with Crippen LogP contribution in [0.3, 0.4) is 0 Å². The van der Waals surface area contributed by atoms with Crippen LogP contribution in [0.2, 0.25) is 0 Å². The van der Waals surface area contributed by atoms with E-state index in [0.717, 1.165) is 25.1 Å². The Morgan fingerprint density at radius 1 is 1.03 bits per heavy atom. The Hall–Kier alpha value is -4.49. The van der Waals surface area contributed by atoms with Gasteiger partial charge in [0.15, 0.2) is 5.82 Å². The summed E-state index contributed by atoms with van der Waals surface area (Å²) in [7, 11) is 0. The molecule has 2 unspecified atom stereocenters. The predicted molar refractivity (Wildman–Crippen MR) is 149 cm³/mol.